The SMILES string of the molecule is COc1cc2c(cc1O)[C@@H](c1ccccc1)C#C[C@@H]1C[C@H]3C[C@@H](C[C@H]1C(=O)[C@H](O)C(=O)CC2)[C@@H]1CCC[C@@H]2C#C[C@H]4CCCC[C@@]4(c4cc(c[nH]4)[C@@H](C)CNC[C@@H](O)Cc4ccc5ccc(cc5c4O)NC4=CC(=CCN4)[C@H]3CSSC2)[C@@H]1O. The van der Waals surface area contributed by atoms with Gasteiger partial charge in [-0.1, -0.05) is 126 Å². The molecule has 1 aromatic heterocycles. The summed E-state index contributed by atoms with van der Waals surface area (Å²) in [4.78, 5) is 33.9. The molecule has 9 N–H and O–H groups in total. The average Bonchev–Trinajstić information content (AvgIpc) is 1.98. The van der Waals surface area contributed by atoms with E-state index in [0.717, 1.165) is 107 Å². The fourth-order valence-corrected chi connectivity index (χ4v) is 18.2. The first-order chi connectivity index (χ1) is 40.8. The van der Waals surface area contributed by atoms with Gasteiger partial charge in [0, 0.05) is 90.6 Å². The molecule has 0 radical (unpaired) electrons. The zero-order chi connectivity index (χ0) is 58.1. The number of aromatic nitrogens is 1. The van der Waals surface area contributed by atoms with Crippen molar-refractivity contribution in [2.75, 3.05) is 43.6 Å². The van der Waals surface area contributed by atoms with E-state index >= 15 is 4.79 Å². The van der Waals surface area contributed by atoms with Crippen LogP contribution in [0.25, 0.3) is 10.8 Å². The number of dihydropyridines is 1. The van der Waals surface area contributed by atoms with E-state index in [4.69, 9.17) is 4.74 Å². The highest BCUT2D eigenvalue weighted by molar-refractivity contribution is 8.76. The minimum atomic E-state index is -1.87. The van der Waals surface area contributed by atoms with E-state index in [1.54, 1.807) is 12.1 Å². The molecule has 0 amide bonds. The quantitative estimate of drug-likeness (QED) is 0.0461. The van der Waals surface area contributed by atoms with Crippen molar-refractivity contribution in [3.05, 3.63) is 142 Å². The van der Waals surface area contributed by atoms with Gasteiger partial charge < -0.3 is 51.2 Å². The van der Waals surface area contributed by atoms with Gasteiger partial charge >= 0.3 is 0 Å². The largest absolute Gasteiger partial charge is 0.507 e. The number of benzene rings is 4. The number of phenols is 2. The lowest BCUT2D eigenvalue weighted by atomic mass is 9.56. The second-order valence-electron chi connectivity index (χ2n) is 25.1. The van der Waals surface area contributed by atoms with Gasteiger partial charge in [0.2, 0.25) is 0 Å². The van der Waals surface area contributed by atoms with Crippen molar-refractivity contribution in [2.24, 2.45) is 47.3 Å². The maximum absolute atomic E-state index is 15.6. The van der Waals surface area contributed by atoms with Crippen molar-refractivity contribution in [1.82, 2.24) is 15.6 Å². The number of aromatic hydroxyl groups is 2. The number of fused-ring (bicyclic) bond motifs is 11. The van der Waals surface area contributed by atoms with Crippen LogP contribution in [0.5, 0.6) is 17.2 Å². The summed E-state index contributed by atoms with van der Waals surface area (Å²) in [5.74, 6) is 14.6. The van der Waals surface area contributed by atoms with Gasteiger partial charge in [0.1, 0.15) is 11.6 Å². The number of ether oxygens (including phenoxy) is 1. The second-order valence-corrected chi connectivity index (χ2v) is 27.7. The van der Waals surface area contributed by atoms with Crippen LogP contribution in [0.3, 0.4) is 0 Å². The van der Waals surface area contributed by atoms with E-state index in [1.807, 2.05) is 82.3 Å². The number of aryl methyl sites for hydroxylation is 1. The number of carbonyl (C=O) groups is 2. The number of hydrogen-bond acceptors (Lipinski definition) is 13. The van der Waals surface area contributed by atoms with Crippen LogP contribution < -0.4 is 20.7 Å². The fourth-order valence-electron chi connectivity index (χ4n) is 15.5. The number of carbonyl (C=O) groups excluding carboxylic acids is 2. The Morgan fingerprint density at radius 1 is 0.774 bits per heavy atom. The first-order valence-corrected chi connectivity index (χ1v) is 33.2. The van der Waals surface area contributed by atoms with Gasteiger partial charge in [-0.15, -0.1) is 0 Å². The Balaban J connectivity index is 1.05. The lowest BCUT2D eigenvalue weighted by molar-refractivity contribution is -0.142. The molecule has 14 atom stereocenters. The first kappa shape index (κ1) is 58.3. The third kappa shape index (κ3) is 11.9. The predicted molar refractivity (Wildman–Crippen MR) is 335 cm³/mol. The molecule has 0 unspecified atom stereocenters. The Bertz CT molecular complexity index is 3450. The predicted octanol–water partition coefficient (Wildman–Crippen LogP) is 10.8. The van der Waals surface area contributed by atoms with Crippen LogP contribution in [0.1, 0.15) is 123 Å². The van der Waals surface area contributed by atoms with Gasteiger partial charge in [-0.3, -0.25) is 9.59 Å². The highest BCUT2D eigenvalue weighted by atomic mass is 33.1. The normalized spacial score (nSPS) is 32.2. The van der Waals surface area contributed by atoms with E-state index < -0.39 is 53.0 Å². The first-order valence-electron chi connectivity index (χ1n) is 30.7. The Labute approximate surface area is 502 Å². The van der Waals surface area contributed by atoms with E-state index in [2.05, 4.69) is 76.0 Å². The van der Waals surface area contributed by atoms with Gasteiger partial charge in [0.05, 0.1) is 30.7 Å². The fraction of sp³-hybridized carbons (Fsp3) is 0.486. The third-order valence-electron chi connectivity index (χ3n) is 20.1. The number of ketones is 2. The Hall–Kier alpha value is -6.10. The number of anilines is 1. The number of methoxy groups -OCH3 is 1. The topological polar surface area (TPSA) is 196 Å². The van der Waals surface area contributed by atoms with Gasteiger partial charge in [0.25, 0.3) is 0 Å². The molecule has 7 aliphatic rings. The Morgan fingerprint density at radius 3 is 2.48 bits per heavy atom. The molecule has 2 saturated carbocycles. The molecule has 1 spiro atoms. The molecule has 1 saturated heterocycles. The number of hydrogen-bond donors (Lipinski definition) is 9. The van der Waals surface area contributed by atoms with Crippen molar-refractivity contribution in [3.8, 4) is 40.9 Å². The summed E-state index contributed by atoms with van der Waals surface area (Å²) in [7, 11) is 5.27. The van der Waals surface area contributed by atoms with Crippen LogP contribution in [0.2, 0.25) is 0 Å². The molecule has 3 aliphatic heterocycles. The lowest BCUT2D eigenvalue weighted by Crippen LogP contribution is -2.53. The summed E-state index contributed by atoms with van der Waals surface area (Å²) in [6.45, 7) is 3.67. The number of aromatic amines is 1. The van der Waals surface area contributed by atoms with Crippen molar-refractivity contribution < 1.29 is 39.9 Å². The average molecular weight is 1170 g/mol. The van der Waals surface area contributed by atoms with Crippen LogP contribution in [0, 0.1) is 71.0 Å². The van der Waals surface area contributed by atoms with E-state index in [1.165, 1.54) is 7.11 Å². The smallest absolute Gasteiger partial charge is 0.173 e. The molecule has 5 aromatic rings. The van der Waals surface area contributed by atoms with Crippen LogP contribution in [0.15, 0.2) is 109 Å². The lowest BCUT2D eigenvalue weighted by Gasteiger charge is -2.50. The summed E-state index contributed by atoms with van der Waals surface area (Å²) in [5, 5.41) is 73.3. The van der Waals surface area contributed by atoms with E-state index in [9.17, 15) is 30.3 Å². The van der Waals surface area contributed by atoms with Gasteiger partial charge in [0.15, 0.2) is 29.2 Å². The second kappa shape index (κ2) is 25.5. The molecule has 4 aromatic carbocycles. The minimum Gasteiger partial charge on any atom is -0.507 e. The molecule has 4 aliphatic carbocycles. The number of nitrogens with one attached hydrogen (secondary N) is 4. The van der Waals surface area contributed by atoms with E-state index in [0.29, 0.717) is 49.8 Å². The van der Waals surface area contributed by atoms with Gasteiger partial charge in [-0.05, 0) is 156 Å². The third-order valence-corrected chi connectivity index (χ3v) is 22.6. The number of aliphatic hydroxyl groups excluding tert-OH is 3. The minimum absolute atomic E-state index is 0.0401. The molecule has 84 heavy (non-hydrogen) atoms. The number of phenolic OH excluding ortho intramolecular Hbond substituents is 2. The Morgan fingerprint density at radius 2 is 1.62 bits per heavy atom. The highest BCUT2D eigenvalue weighted by Crippen LogP contribution is 2.55. The maximum atomic E-state index is 15.6. The zero-order valence-corrected chi connectivity index (χ0v) is 49.9. The van der Waals surface area contributed by atoms with Crippen LogP contribution >= 0.6 is 21.6 Å². The molecular formula is C70H80N4O8S2. The molecular weight excluding hydrogens is 1090 g/mol. The summed E-state index contributed by atoms with van der Waals surface area (Å²) in [5.41, 5.74) is 6.35. The maximum Gasteiger partial charge on any atom is 0.173 e. The number of β-amino-alcohol motifs (C(OH)–C–C–N with tert-alkyl or cyclic N) is 1. The van der Waals surface area contributed by atoms with Crippen molar-refractivity contribution in [3.63, 3.8) is 0 Å². The van der Waals surface area contributed by atoms with Crippen molar-refractivity contribution >= 4 is 49.6 Å². The summed E-state index contributed by atoms with van der Waals surface area (Å²) in [6.07, 6.45) is 11.1. The van der Waals surface area contributed by atoms with Crippen LogP contribution in [-0.4, -0.2) is 98.6 Å². The molecule has 12 nitrogen and oxygen atoms in total. The zero-order valence-electron chi connectivity index (χ0n) is 48.2. The number of allylic oxidation sites excluding steroid dienone is 2. The molecule has 12 rings (SSSR count). The number of H-pyrrole nitrogens is 1. The molecule has 3 fully saturated rings. The van der Waals surface area contributed by atoms with Crippen molar-refractivity contribution in [2.45, 2.75) is 126 Å². The monoisotopic (exact) mass is 1170 g/mol. The summed E-state index contributed by atoms with van der Waals surface area (Å²) >= 11 is 0. The Kier molecular flexibility index (Phi) is 17.7. The number of Topliss-reactive ketones (excluding diaryl/α,β-unsaturated/α-hetero) is 2. The highest BCUT2D eigenvalue weighted by Gasteiger charge is 2.54. The molecule has 4 heterocycles. The number of rotatable bonds is 2. The molecule has 14 heteroatoms. The standard InChI is InChI=1S/C70H80N4O8S2/c1-41-36-71-38-54(75)29-48-16-15-44-17-21-53(34-59(44)66(48)78)74-65-33-47(24-26-72-65)60-40-84-83-39-42-9-8-13-56(69(81)70(64-32-51(41)37-73-64)25-7-6-12-52(70)20-14-42)50-28-49(60)27-45-18-22-55(43-10-4-3-5-11-43)57-35-62(77)63(82-2)31-46(57)19-23-61(76)68(80)67(79)58(45)30-50/h3-5,10-11,15-17,21,24,31-35,37,41-42,45,49-50,52,54-56,58,60,68-69,71-75,77-78,80-81H,6-9,12-13,19,23,25-30,36,38-40H2,1-2H3/t41-,42+,45+,49-,50-,52+,54-,55+,56-,58+,60+,68+,69+,70+/m0/s1. The van der Waals surface area contributed by atoms with Crippen LogP contribution in [-0.2, 0) is 27.8 Å². The summed E-state index contributed by atoms with van der Waals surface area (Å²) in [6, 6.07) is 25.6. The molecule has 440 valence electrons. The summed E-state index contributed by atoms with van der Waals surface area (Å²) < 4.78 is 5.59. The van der Waals surface area contributed by atoms with Gasteiger partial charge in [-0.2, -0.15) is 0 Å². The van der Waals surface area contributed by atoms with Crippen LogP contribution in [0.4, 0.5) is 5.69 Å². The number of aliphatic hydroxyl groups is 3. The van der Waals surface area contributed by atoms with E-state index in [-0.39, 0.29) is 77.9 Å². The van der Waals surface area contributed by atoms with Crippen molar-refractivity contribution in [1.29, 1.82) is 0 Å². The molecule has 13 bridgehead atoms. The van der Waals surface area contributed by atoms with Gasteiger partial charge in [-0.25, -0.2) is 0 Å².